The third kappa shape index (κ3) is 5.16. The lowest BCUT2D eigenvalue weighted by molar-refractivity contribution is -0.120. The fourth-order valence-corrected chi connectivity index (χ4v) is 4.43. The van der Waals surface area contributed by atoms with Crippen LogP contribution < -0.4 is 5.32 Å². The Morgan fingerprint density at radius 2 is 1.87 bits per heavy atom. The number of carbonyl (C=O) groups is 2. The highest BCUT2D eigenvalue weighted by Crippen LogP contribution is 2.25. The van der Waals surface area contributed by atoms with Crippen molar-refractivity contribution in [3.63, 3.8) is 0 Å². The van der Waals surface area contributed by atoms with Gasteiger partial charge in [-0.2, -0.15) is 0 Å². The highest BCUT2D eigenvalue weighted by molar-refractivity contribution is 5.99. The van der Waals surface area contributed by atoms with Crippen molar-refractivity contribution in [2.45, 2.75) is 39.0 Å². The number of hydrogen-bond acceptors (Lipinski definition) is 2. The molecule has 5 nitrogen and oxygen atoms in total. The molecule has 1 fully saturated rings. The Balaban J connectivity index is 1.40. The van der Waals surface area contributed by atoms with E-state index < -0.39 is 0 Å². The molecule has 1 aromatic heterocycles. The average molecular weight is 418 g/mol. The fraction of sp³-hybridized carbons (Fsp3) is 0.385. The van der Waals surface area contributed by atoms with Gasteiger partial charge in [-0.3, -0.25) is 9.59 Å². The molecule has 0 unspecified atom stereocenters. The quantitative estimate of drug-likeness (QED) is 0.601. The second-order valence-electron chi connectivity index (χ2n) is 8.53. The lowest BCUT2D eigenvalue weighted by Gasteiger charge is -2.32. The zero-order chi connectivity index (χ0) is 21.6. The molecule has 1 saturated heterocycles. The summed E-state index contributed by atoms with van der Waals surface area (Å²) in [4.78, 5) is 30.5. The van der Waals surface area contributed by atoms with Crippen LogP contribution in [0.25, 0.3) is 10.9 Å². The molecule has 2 heterocycles. The summed E-state index contributed by atoms with van der Waals surface area (Å²) < 4.78 is 0. The summed E-state index contributed by atoms with van der Waals surface area (Å²) in [6, 6.07) is 16.4. The molecule has 31 heavy (non-hydrogen) atoms. The molecule has 0 bridgehead atoms. The minimum atomic E-state index is 0.0139. The lowest BCUT2D eigenvalue weighted by Crippen LogP contribution is -2.38. The first-order chi connectivity index (χ1) is 15.1. The number of carbonyl (C=O) groups excluding carboxylic acids is 2. The number of nitrogens with one attached hydrogen (secondary N) is 2. The predicted octanol–water partition coefficient (Wildman–Crippen LogP) is 4.33. The highest BCUT2D eigenvalue weighted by atomic mass is 16.2. The number of aromatic amines is 1. The molecule has 0 saturated carbocycles. The Labute approximate surface area is 183 Å². The molecule has 0 spiro atoms. The van der Waals surface area contributed by atoms with Crippen LogP contribution in [0.2, 0.25) is 0 Å². The van der Waals surface area contributed by atoms with Gasteiger partial charge in [0, 0.05) is 42.3 Å². The largest absolute Gasteiger partial charge is 0.361 e. The number of amides is 2. The van der Waals surface area contributed by atoms with Crippen LogP contribution in [0.3, 0.4) is 0 Å². The molecule has 5 heteroatoms. The number of piperidine rings is 1. The summed E-state index contributed by atoms with van der Waals surface area (Å²) in [6.07, 6.45) is 6.27. The number of aromatic nitrogens is 1. The van der Waals surface area contributed by atoms with Crippen molar-refractivity contribution >= 4 is 22.7 Å². The Morgan fingerprint density at radius 3 is 2.61 bits per heavy atom. The Kier molecular flexibility index (Phi) is 6.70. The minimum absolute atomic E-state index is 0.0139. The van der Waals surface area contributed by atoms with Gasteiger partial charge in [-0.15, -0.1) is 0 Å². The molecular formula is C26H31N3O2. The first-order valence-corrected chi connectivity index (χ1v) is 11.3. The van der Waals surface area contributed by atoms with Crippen molar-refractivity contribution in [2.24, 2.45) is 5.92 Å². The molecule has 2 N–H and O–H groups in total. The van der Waals surface area contributed by atoms with Crippen LogP contribution in [0.1, 0.15) is 47.7 Å². The summed E-state index contributed by atoms with van der Waals surface area (Å²) in [5.41, 5.74) is 3.96. The molecule has 2 aromatic carbocycles. The minimum Gasteiger partial charge on any atom is -0.361 e. The number of H-pyrrole nitrogens is 1. The maximum absolute atomic E-state index is 13.1. The van der Waals surface area contributed by atoms with Gasteiger partial charge in [0.1, 0.15) is 0 Å². The van der Waals surface area contributed by atoms with E-state index in [2.05, 4.69) is 40.6 Å². The van der Waals surface area contributed by atoms with Gasteiger partial charge in [-0.05, 0) is 60.9 Å². The van der Waals surface area contributed by atoms with Crippen molar-refractivity contribution in [1.29, 1.82) is 0 Å². The van der Waals surface area contributed by atoms with Crippen LogP contribution in [0, 0.1) is 5.92 Å². The molecule has 0 aliphatic carbocycles. The van der Waals surface area contributed by atoms with Gasteiger partial charge in [0.15, 0.2) is 0 Å². The van der Waals surface area contributed by atoms with E-state index in [1.807, 2.05) is 36.2 Å². The van der Waals surface area contributed by atoms with E-state index in [-0.39, 0.29) is 11.8 Å². The summed E-state index contributed by atoms with van der Waals surface area (Å²) in [5, 5.41) is 3.87. The van der Waals surface area contributed by atoms with Crippen LogP contribution in [0.15, 0.2) is 54.7 Å². The number of rotatable bonds is 7. The molecule has 4 rings (SSSR count). The highest BCUT2D eigenvalue weighted by Gasteiger charge is 2.24. The Morgan fingerprint density at radius 1 is 1.10 bits per heavy atom. The van der Waals surface area contributed by atoms with Crippen LogP contribution in [-0.2, 0) is 17.6 Å². The number of fused-ring (bicyclic) bond motifs is 1. The smallest absolute Gasteiger partial charge is 0.253 e. The first kappa shape index (κ1) is 21.2. The van der Waals surface area contributed by atoms with Gasteiger partial charge in [0.05, 0.1) is 6.42 Å². The third-order valence-electron chi connectivity index (χ3n) is 6.21. The van der Waals surface area contributed by atoms with E-state index in [0.29, 0.717) is 24.4 Å². The molecule has 0 atom stereocenters. The SMILES string of the molecule is CCCNC(=O)Cc1c[nH]c2ccc(C(=O)N3CCC(Cc4ccccc4)CC3)cc12. The van der Waals surface area contributed by atoms with Crippen LogP contribution in [0.4, 0.5) is 0 Å². The maximum atomic E-state index is 13.1. The summed E-state index contributed by atoms with van der Waals surface area (Å²) in [7, 11) is 0. The molecule has 0 radical (unpaired) electrons. The van der Waals surface area contributed by atoms with Crippen molar-refractivity contribution in [2.75, 3.05) is 19.6 Å². The van der Waals surface area contributed by atoms with E-state index >= 15 is 0 Å². The molecular weight excluding hydrogens is 386 g/mol. The molecule has 1 aliphatic rings. The Hall–Kier alpha value is -3.08. The Bertz CT molecular complexity index is 1030. The lowest BCUT2D eigenvalue weighted by atomic mass is 9.90. The number of hydrogen-bond donors (Lipinski definition) is 2. The summed E-state index contributed by atoms with van der Waals surface area (Å²) in [5.74, 6) is 0.731. The van der Waals surface area contributed by atoms with Crippen molar-refractivity contribution < 1.29 is 9.59 Å². The molecule has 1 aliphatic heterocycles. The van der Waals surface area contributed by atoms with Gasteiger partial charge in [0.2, 0.25) is 5.91 Å². The third-order valence-corrected chi connectivity index (χ3v) is 6.21. The van der Waals surface area contributed by atoms with E-state index in [1.165, 1.54) is 5.56 Å². The van der Waals surface area contributed by atoms with E-state index in [9.17, 15) is 9.59 Å². The average Bonchev–Trinajstić information content (AvgIpc) is 3.20. The number of benzene rings is 2. The van der Waals surface area contributed by atoms with Gasteiger partial charge in [-0.1, -0.05) is 37.3 Å². The second-order valence-corrected chi connectivity index (χ2v) is 8.53. The molecule has 3 aromatic rings. The standard InChI is InChI=1S/C26H31N3O2/c1-2-12-27-25(30)17-22-18-28-24-9-8-21(16-23(22)24)26(31)29-13-10-20(11-14-29)15-19-6-4-3-5-7-19/h3-9,16,18,20,28H,2,10-15,17H2,1H3,(H,27,30). The van der Waals surface area contributed by atoms with Gasteiger partial charge in [-0.25, -0.2) is 0 Å². The van der Waals surface area contributed by atoms with E-state index in [0.717, 1.165) is 55.2 Å². The normalized spacial score (nSPS) is 14.7. The maximum Gasteiger partial charge on any atom is 0.253 e. The molecule has 162 valence electrons. The topological polar surface area (TPSA) is 65.2 Å². The molecule has 2 amide bonds. The van der Waals surface area contributed by atoms with E-state index in [4.69, 9.17) is 0 Å². The zero-order valence-electron chi connectivity index (χ0n) is 18.2. The van der Waals surface area contributed by atoms with E-state index in [1.54, 1.807) is 0 Å². The van der Waals surface area contributed by atoms with Gasteiger partial charge in [0.25, 0.3) is 5.91 Å². The van der Waals surface area contributed by atoms with Gasteiger partial charge < -0.3 is 15.2 Å². The van der Waals surface area contributed by atoms with Crippen molar-refractivity contribution in [3.8, 4) is 0 Å². The van der Waals surface area contributed by atoms with Gasteiger partial charge >= 0.3 is 0 Å². The summed E-state index contributed by atoms with van der Waals surface area (Å²) >= 11 is 0. The van der Waals surface area contributed by atoms with Crippen molar-refractivity contribution in [1.82, 2.24) is 15.2 Å². The van der Waals surface area contributed by atoms with Crippen LogP contribution in [0.5, 0.6) is 0 Å². The monoisotopic (exact) mass is 417 g/mol. The number of likely N-dealkylation sites (tertiary alicyclic amines) is 1. The van der Waals surface area contributed by atoms with Crippen LogP contribution >= 0.6 is 0 Å². The first-order valence-electron chi connectivity index (χ1n) is 11.3. The summed E-state index contributed by atoms with van der Waals surface area (Å²) in [6.45, 7) is 4.32. The zero-order valence-corrected chi connectivity index (χ0v) is 18.2. The second kappa shape index (κ2) is 9.82. The van der Waals surface area contributed by atoms with Crippen molar-refractivity contribution in [3.05, 3.63) is 71.4 Å². The number of nitrogens with zero attached hydrogens (tertiary/aromatic N) is 1. The fourth-order valence-electron chi connectivity index (χ4n) is 4.43. The predicted molar refractivity (Wildman–Crippen MR) is 124 cm³/mol. The van der Waals surface area contributed by atoms with Crippen LogP contribution in [-0.4, -0.2) is 41.3 Å².